The molecule has 264 valence electrons. The smallest absolute Gasteiger partial charge is 0.410 e. The Bertz CT molecular complexity index is 1550. The van der Waals surface area contributed by atoms with Crippen LogP contribution in [0.15, 0.2) is 36.7 Å². The summed E-state index contributed by atoms with van der Waals surface area (Å²) in [6.07, 6.45) is 12.1. The van der Waals surface area contributed by atoms with Gasteiger partial charge >= 0.3 is 6.09 Å². The van der Waals surface area contributed by atoms with Crippen LogP contribution in [0.25, 0.3) is 5.70 Å². The van der Waals surface area contributed by atoms with E-state index < -0.39 is 6.10 Å². The van der Waals surface area contributed by atoms with E-state index >= 15 is 0 Å². The third-order valence-electron chi connectivity index (χ3n) is 11.5. The summed E-state index contributed by atoms with van der Waals surface area (Å²) in [5.41, 5.74) is 3.52. The fraction of sp³-hybridized carbons (Fsp3) is 0.632. The second kappa shape index (κ2) is 14.2. The van der Waals surface area contributed by atoms with E-state index in [1.165, 1.54) is 0 Å². The number of aromatic nitrogens is 2. The Labute approximate surface area is 289 Å². The number of carbonyl (C=O) groups excluding carboxylic acids is 2. The number of β-amino-alcohol motifs (C(OH)–C–C–N with tert-alkyl or cyclic N) is 1. The maximum absolute atomic E-state index is 14.4. The van der Waals surface area contributed by atoms with Gasteiger partial charge in [-0.2, -0.15) is 0 Å². The average molecular weight is 674 g/mol. The number of hydrogen-bond acceptors (Lipinski definition) is 9. The molecule has 4 fully saturated rings. The number of anilines is 1. The van der Waals surface area contributed by atoms with Gasteiger partial charge in [-0.25, -0.2) is 9.78 Å². The highest BCUT2D eigenvalue weighted by atomic mass is 16.6. The van der Waals surface area contributed by atoms with Gasteiger partial charge in [-0.3, -0.25) is 14.7 Å². The van der Waals surface area contributed by atoms with Crippen molar-refractivity contribution in [1.29, 1.82) is 0 Å². The largest absolute Gasteiger partial charge is 0.495 e. The molecule has 11 nitrogen and oxygen atoms in total. The molecule has 2 N–H and O–H groups in total. The molecule has 0 aromatic carbocycles. The summed E-state index contributed by atoms with van der Waals surface area (Å²) >= 11 is 0. The van der Waals surface area contributed by atoms with Crippen molar-refractivity contribution in [3.05, 3.63) is 53.7 Å². The van der Waals surface area contributed by atoms with E-state index in [4.69, 9.17) is 24.2 Å². The van der Waals surface area contributed by atoms with E-state index in [-0.39, 0.29) is 29.7 Å². The number of carbonyl (C=O) groups is 2. The normalized spacial score (nSPS) is 29.8. The first-order valence-corrected chi connectivity index (χ1v) is 18.3. The number of pyridine rings is 2. The molecule has 4 heterocycles. The van der Waals surface area contributed by atoms with Crippen LogP contribution < -0.4 is 15.0 Å². The molecular formula is C38H51N5O6. The number of methoxy groups -OCH3 is 1. The molecule has 1 saturated heterocycles. The number of amides is 2. The van der Waals surface area contributed by atoms with Crippen LogP contribution >= 0.6 is 0 Å². The molecule has 0 spiro atoms. The molecule has 2 unspecified atom stereocenters. The van der Waals surface area contributed by atoms with Gasteiger partial charge in [0.1, 0.15) is 23.9 Å². The molecule has 49 heavy (non-hydrogen) atoms. The van der Waals surface area contributed by atoms with Crippen molar-refractivity contribution in [3.63, 3.8) is 0 Å². The maximum atomic E-state index is 14.4. The summed E-state index contributed by atoms with van der Waals surface area (Å²) in [7, 11) is 1.68. The van der Waals surface area contributed by atoms with Crippen LogP contribution in [0.5, 0.6) is 5.75 Å². The van der Waals surface area contributed by atoms with Crippen LogP contribution in [0.3, 0.4) is 0 Å². The van der Waals surface area contributed by atoms with Gasteiger partial charge in [-0.05, 0) is 115 Å². The standard InChI is InChI=1S/C38H51N5O6/c1-24-34(47-3)15-14-32(40-24)26-6-4-25(5-7-26)21-43(35-20-28(16-18-39-35)33-23-48-38(2,41-33)29-10-11-29)36(45)27-8-12-31(13-9-27)49-37(46)42-19-17-30(44)22-42/h14-16,18,20,23,25-27,29-31,41,44H,4-13,17,19,21-22H2,1-3H3. The van der Waals surface area contributed by atoms with Gasteiger partial charge in [0.2, 0.25) is 5.91 Å². The molecule has 2 aliphatic heterocycles. The number of aliphatic hydroxyl groups is 1. The van der Waals surface area contributed by atoms with E-state index in [1.807, 2.05) is 36.3 Å². The Morgan fingerprint density at radius 3 is 2.51 bits per heavy atom. The number of hydrogen-bond donors (Lipinski definition) is 2. The summed E-state index contributed by atoms with van der Waals surface area (Å²) < 4.78 is 17.3. The Kier molecular flexibility index (Phi) is 9.72. The lowest BCUT2D eigenvalue weighted by Gasteiger charge is -2.35. The quantitative estimate of drug-likeness (QED) is 0.334. The fourth-order valence-electron chi connectivity index (χ4n) is 8.19. The summed E-state index contributed by atoms with van der Waals surface area (Å²) in [6.45, 7) is 5.56. The number of rotatable bonds is 9. The number of aliphatic hydroxyl groups excluding tert-OH is 1. The molecule has 2 amide bonds. The fourth-order valence-corrected chi connectivity index (χ4v) is 8.19. The predicted molar refractivity (Wildman–Crippen MR) is 185 cm³/mol. The van der Waals surface area contributed by atoms with Crippen LogP contribution in [0.2, 0.25) is 0 Å². The van der Waals surface area contributed by atoms with E-state index in [1.54, 1.807) is 18.2 Å². The number of ether oxygens (including phenoxy) is 3. The van der Waals surface area contributed by atoms with Crippen molar-refractivity contribution in [1.82, 2.24) is 20.2 Å². The molecule has 5 aliphatic rings. The first-order chi connectivity index (χ1) is 23.7. The van der Waals surface area contributed by atoms with E-state index in [2.05, 4.69) is 18.3 Å². The highest BCUT2D eigenvalue weighted by Crippen LogP contribution is 2.44. The molecular weight excluding hydrogens is 622 g/mol. The second-order valence-electron chi connectivity index (χ2n) is 15.0. The van der Waals surface area contributed by atoms with Gasteiger partial charge in [0.25, 0.3) is 0 Å². The van der Waals surface area contributed by atoms with Crippen LogP contribution in [0.4, 0.5) is 10.6 Å². The summed E-state index contributed by atoms with van der Waals surface area (Å²) in [6, 6.07) is 8.10. The lowest BCUT2D eigenvalue weighted by atomic mass is 9.79. The minimum absolute atomic E-state index is 0.0964. The first-order valence-electron chi connectivity index (χ1n) is 18.3. The predicted octanol–water partition coefficient (Wildman–Crippen LogP) is 5.91. The Balaban J connectivity index is 1.03. The van der Waals surface area contributed by atoms with Gasteiger partial charge in [-0.1, -0.05) is 0 Å². The van der Waals surface area contributed by atoms with Crippen LogP contribution in [-0.4, -0.2) is 76.7 Å². The van der Waals surface area contributed by atoms with E-state index in [0.29, 0.717) is 75.3 Å². The Hall–Kier alpha value is -3.86. The highest BCUT2D eigenvalue weighted by Gasteiger charge is 2.46. The monoisotopic (exact) mass is 673 g/mol. The minimum atomic E-state index is -0.478. The third-order valence-corrected chi connectivity index (χ3v) is 11.5. The molecule has 0 bridgehead atoms. The number of likely N-dealkylation sites (tertiary alicyclic amines) is 1. The van der Waals surface area contributed by atoms with Crippen molar-refractivity contribution < 1.29 is 28.9 Å². The Morgan fingerprint density at radius 2 is 1.84 bits per heavy atom. The topological polar surface area (TPSA) is 126 Å². The van der Waals surface area contributed by atoms with Crippen molar-refractivity contribution in [3.8, 4) is 5.75 Å². The van der Waals surface area contributed by atoms with Crippen LogP contribution in [-0.2, 0) is 14.3 Å². The summed E-state index contributed by atoms with van der Waals surface area (Å²) in [5.74, 6) is 2.66. The summed E-state index contributed by atoms with van der Waals surface area (Å²) in [4.78, 5) is 40.2. The van der Waals surface area contributed by atoms with Gasteiger partial charge in [0.05, 0.1) is 24.6 Å². The number of nitrogens with zero attached hydrogens (tertiary/aromatic N) is 4. The summed E-state index contributed by atoms with van der Waals surface area (Å²) in [5, 5.41) is 13.4. The molecule has 2 aromatic heterocycles. The molecule has 7 rings (SSSR count). The maximum Gasteiger partial charge on any atom is 0.410 e. The lowest BCUT2D eigenvalue weighted by Crippen LogP contribution is -2.43. The van der Waals surface area contributed by atoms with Crippen LogP contribution in [0.1, 0.15) is 100 Å². The second-order valence-corrected chi connectivity index (χ2v) is 15.0. The minimum Gasteiger partial charge on any atom is -0.495 e. The number of nitrogens with one attached hydrogen (secondary N) is 1. The van der Waals surface area contributed by atoms with Gasteiger partial charge in [0, 0.05) is 54.8 Å². The number of aryl methyl sites for hydroxylation is 1. The van der Waals surface area contributed by atoms with Gasteiger partial charge in [-0.15, -0.1) is 0 Å². The van der Waals surface area contributed by atoms with Gasteiger partial charge < -0.3 is 29.5 Å². The molecule has 3 aliphatic carbocycles. The van der Waals surface area contributed by atoms with Crippen molar-refractivity contribution >= 4 is 23.5 Å². The SMILES string of the molecule is COc1ccc(C2CCC(CN(C(=O)C3CCC(OC(=O)N4CCC(O)C4)CC3)c3cc(C4=COC(C)(C5CC5)N4)ccn3)CC2)nc1C. The van der Waals surface area contributed by atoms with Gasteiger partial charge in [0.15, 0.2) is 5.72 Å². The lowest BCUT2D eigenvalue weighted by molar-refractivity contribution is -0.124. The molecule has 3 saturated carbocycles. The Morgan fingerprint density at radius 1 is 1.06 bits per heavy atom. The van der Waals surface area contributed by atoms with E-state index in [0.717, 1.165) is 66.9 Å². The molecule has 0 radical (unpaired) electrons. The zero-order chi connectivity index (χ0) is 34.1. The van der Waals surface area contributed by atoms with Crippen molar-refractivity contribution in [2.45, 2.75) is 108 Å². The molecule has 2 aromatic rings. The first kappa shape index (κ1) is 33.6. The van der Waals surface area contributed by atoms with E-state index in [9.17, 15) is 14.7 Å². The van der Waals surface area contributed by atoms with Crippen LogP contribution in [0, 0.1) is 24.7 Å². The average Bonchev–Trinajstić information content (AvgIpc) is 3.78. The molecule has 11 heteroatoms. The molecule has 2 atom stereocenters. The highest BCUT2D eigenvalue weighted by molar-refractivity contribution is 5.94. The third kappa shape index (κ3) is 7.51. The zero-order valence-corrected chi connectivity index (χ0v) is 29.1. The zero-order valence-electron chi connectivity index (χ0n) is 29.1. The van der Waals surface area contributed by atoms with Crippen molar-refractivity contribution in [2.75, 3.05) is 31.6 Å². The van der Waals surface area contributed by atoms with Crippen molar-refractivity contribution in [2.24, 2.45) is 17.8 Å².